The molecule has 0 aliphatic rings. The summed E-state index contributed by atoms with van der Waals surface area (Å²) in [7, 11) is 0. The molecule has 0 aliphatic heterocycles. The monoisotopic (exact) mass is 252 g/mol. The highest BCUT2D eigenvalue weighted by atomic mass is 35.5. The third kappa shape index (κ3) is 3.13. The molecule has 1 aromatic rings. The maximum atomic E-state index is 12.0. The Hall–Kier alpha value is -1.23. The highest BCUT2D eigenvalue weighted by molar-refractivity contribution is 6.68. The zero-order valence-electron chi connectivity index (χ0n) is 8.27. The fourth-order valence-electron chi connectivity index (χ4n) is 1.30. The Kier molecular flexibility index (Phi) is 3.80. The number of benzene rings is 1. The predicted molar refractivity (Wildman–Crippen MR) is 52.7 cm³/mol. The van der Waals surface area contributed by atoms with Crippen LogP contribution >= 0.6 is 11.6 Å². The first kappa shape index (κ1) is 12.8. The first-order valence-corrected chi connectivity index (χ1v) is 4.80. The molecule has 0 aromatic heterocycles. The standard InChI is InChI=1S/C10H8ClF3O2/c1-2-6-4-3-5-7(8(6)9(11)15)16-10(12,13)14/h3-5H,2H2,1H3. The van der Waals surface area contributed by atoms with Crippen molar-refractivity contribution in [2.75, 3.05) is 0 Å². The van der Waals surface area contributed by atoms with E-state index in [4.69, 9.17) is 11.6 Å². The summed E-state index contributed by atoms with van der Waals surface area (Å²) < 4.78 is 39.9. The van der Waals surface area contributed by atoms with Crippen LogP contribution in [-0.2, 0) is 6.42 Å². The molecule has 0 spiro atoms. The van der Waals surface area contributed by atoms with Crippen LogP contribution in [0.3, 0.4) is 0 Å². The average Bonchev–Trinajstić information content (AvgIpc) is 2.14. The van der Waals surface area contributed by atoms with Crippen LogP contribution in [0.4, 0.5) is 13.2 Å². The van der Waals surface area contributed by atoms with E-state index in [2.05, 4.69) is 4.74 Å². The van der Waals surface area contributed by atoms with Crippen LogP contribution in [0.15, 0.2) is 18.2 Å². The Morgan fingerprint density at radius 2 is 2.06 bits per heavy atom. The summed E-state index contributed by atoms with van der Waals surface area (Å²) >= 11 is 5.23. The van der Waals surface area contributed by atoms with Gasteiger partial charge < -0.3 is 4.74 Å². The number of hydrogen-bond acceptors (Lipinski definition) is 2. The molecule has 1 rings (SSSR count). The van der Waals surface area contributed by atoms with E-state index in [1.807, 2.05) is 0 Å². The lowest BCUT2D eigenvalue weighted by Gasteiger charge is -2.13. The molecule has 16 heavy (non-hydrogen) atoms. The van der Waals surface area contributed by atoms with E-state index < -0.39 is 17.4 Å². The van der Waals surface area contributed by atoms with Gasteiger partial charge in [0.05, 0.1) is 5.56 Å². The quantitative estimate of drug-likeness (QED) is 0.770. The second kappa shape index (κ2) is 4.74. The summed E-state index contributed by atoms with van der Waals surface area (Å²) in [5.74, 6) is -0.563. The number of halogens is 4. The lowest BCUT2D eigenvalue weighted by Crippen LogP contribution is -2.19. The summed E-state index contributed by atoms with van der Waals surface area (Å²) in [4.78, 5) is 11.0. The average molecular weight is 253 g/mol. The summed E-state index contributed by atoms with van der Waals surface area (Å²) in [6.45, 7) is 1.70. The molecule has 1 aromatic carbocycles. The maximum Gasteiger partial charge on any atom is 0.573 e. The van der Waals surface area contributed by atoms with Gasteiger partial charge in [-0.25, -0.2) is 0 Å². The fourth-order valence-corrected chi connectivity index (χ4v) is 1.52. The number of ether oxygens (including phenoxy) is 1. The van der Waals surface area contributed by atoms with Crippen LogP contribution in [0.5, 0.6) is 5.75 Å². The molecule has 2 nitrogen and oxygen atoms in total. The molecule has 0 N–H and O–H groups in total. The summed E-state index contributed by atoms with van der Waals surface area (Å²) in [5.41, 5.74) is 0.186. The smallest absolute Gasteiger partial charge is 0.405 e. The van der Waals surface area contributed by atoms with Gasteiger partial charge in [-0.1, -0.05) is 19.1 Å². The Morgan fingerprint density at radius 1 is 1.44 bits per heavy atom. The molecule has 0 bridgehead atoms. The van der Waals surface area contributed by atoms with Crippen LogP contribution in [-0.4, -0.2) is 11.6 Å². The second-order valence-electron chi connectivity index (χ2n) is 2.97. The van der Waals surface area contributed by atoms with E-state index in [1.54, 1.807) is 6.92 Å². The molecule has 88 valence electrons. The molecule has 0 unspecified atom stereocenters. The molecule has 0 heterocycles. The van der Waals surface area contributed by atoms with Gasteiger partial charge in [0.25, 0.3) is 5.24 Å². The number of aryl methyl sites for hydroxylation is 1. The van der Waals surface area contributed by atoms with Gasteiger partial charge in [0.15, 0.2) is 0 Å². The largest absolute Gasteiger partial charge is 0.573 e. The van der Waals surface area contributed by atoms with Gasteiger partial charge in [-0.3, -0.25) is 4.79 Å². The van der Waals surface area contributed by atoms with Gasteiger partial charge >= 0.3 is 6.36 Å². The van der Waals surface area contributed by atoms with Crippen LogP contribution in [0.2, 0.25) is 0 Å². The van der Waals surface area contributed by atoms with Crippen molar-refractivity contribution >= 4 is 16.8 Å². The van der Waals surface area contributed by atoms with Crippen molar-refractivity contribution in [3.63, 3.8) is 0 Å². The number of carbonyl (C=O) groups excluding carboxylic acids is 1. The third-order valence-electron chi connectivity index (χ3n) is 1.92. The molecule has 0 saturated carbocycles. The van der Waals surface area contributed by atoms with E-state index >= 15 is 0 Å². The molecule has 6 heteroatoms. The predicted octanol–water partition coefficient (Wildman–Crippen LogP) is 3.53. The van der Waals surface area contributed by atoms with Gasteiger partial charge in [-0.15, -0.1) is 13.2 Å². The van der Waals surface area contributed by atoms with Gasteiger partial charge in [-0.2, -0.15) is 0 Å². The fraction of sp³-hybridized carbons (Fsp3) is 0.300. The van der Waals surface area contributed by atoms with Gasteiger partial charge in [0.2, 0.25) is 0 Å². The van der Waals surface area contributed by atoms with E-state index in [9.17, 15) is 18.0 Å². The van der Waals surface area contributed by atoms with E-state index in [-0.39, 0.29) is 5.56 Å². The molecule has 0 fully saturated rings. The zero-order chi connectivity index (χ0) is 12.3. The minimum Gasteiger partial charge on any atom is -0.405 e. The van der Waals surface area contributed by atoms with Crippen molar-refractivity contribution in [3.05, 3.63) is 29.3 Å². The van der Waals surface area contributed by atoms with Crippen LogP contribution in [0.25, 0.3) is 0 Å². The van der Waals surface area contributed by atoms with Crippen molar-refractivity contribution in [3.8, 4) is 5.75 Å². The Balaban J connectivity index is 3.22. The Labute approximate surface area is 95.0 Å². The maximum absolute atomic E-state index is 12.0. The topological polar surface area (TPSA) is 26.3 Å². The molecular weight excluding hydrogens is 245 g/mol. The van der Waals surface area contributed by atoms with Gasteiger partial charge in [-0.05, 0) is 29.7 Å². The normalized spacial score (nSPS) is 11.3. The molecule has 0 aliphatic carbocycles. The Morgan fingerprint density at radius 3 is 2.50 bits per heavy atom. The van der Waals surface area contributed by atoms with Crippen molar-refractivity contribution in [2.45, 2.75) is 19.7 Å². The molecule has 0 amide bonds. The number of carbonyl (C=O) groups is 1. The highest BCUT2D eigenvalue weighted by Crippen LogP contribution is 2.29. The van der Waals surface area contributed by atoms with Gasteiger partial charge in [0, 0.05) is 0 Å². The lowest BCUT2D eigenvalue weighted by molar-refractivity contribution is -0.274. The van der Waals surface area contributed by atoms with Crippen molar-refractivity contribution in [1.82, 2.24) is 0 Å². The van der Waals surface area contributed by atoms with Crippen LogP contribution in [0.1, 0.15) is 22.8 Å². The summed E-state index contributed by atoms with van der Waals surface area (Å²) in [6.07, 6.45) is -4.45. The van der Waals surface area contributed by atoms with Crippen LogP contribution in [0, 0.1) is 0 Å². The summed E-state index contributed by atoms with van der Waals surface area (Å²) in [5, 5.41) is -0.961. The number of rotatable bonds is 3. The minimum absolute atomic E-state index is 0.232. The first-order valence-electron chi connectivity index (χ1n) is 4.42. The van der Waals surface area contributed by atoms with E-state index in [0.717, 1.165) is 6.07 Å². The van der Waals surface area contributed by atoms with Crippen molar-refractivity contribution < 1.29 is 22.7 Å². The molecule has 0 saturated heterocycles. The van der Waals surface area contributed by atoms with E-state index in [0.29, 0.717) is 12.0 Å². The first-order chi connectivity index (χ1) is 7.35. The third-order valence-corrected chi connectivity index (χ3v) is 2.10. The molecular formula is C10H8ClF3O2. The number of alkyl halides is 3. The molecule has 0 radical (unpaired) electrons. The number of hydrogen-bond donors (Lipinski definition) is 0. The van der Waals surface area contributed by atoms with Gasteiger partial charge in [0.1, 0.15) is 5.75 Å². The summed E-state index contributed by atoms with van der Waals surface area (Å²) in [6, 6.07) is 3.96. The Bertz CT molecular complexity index is 402. The zero-order valence-corrected chi connectivity index (χ0v) is 9.02. The second-order valence-corrected chi connectivity index (χ2v) is 3.31. The SMILES string of the molecule is CCc1cccc(OC(F)(F)F)c1C(=O)Cl. The van der Waals surface area contributed by atoms with Crippen LogP contribution < -0.4 is 4.74 Å². The van der Waals surface area contributed by atoms with E-state index in [1.165, 1.54) is 12.1 Å². The van der Waals surface area contributed by atoms with Crippen molar-refractivity contribution in [1.29, 1.82) is 0 Å². The highest BCUT2D eigenvalue weighted by Gasteiger charge is 2.33. The minimum atomic E-state index is -4.84. The van der Waals surface area contributed by atoms with Crippen molar-refractivity contribution in [2.24, 2.45) is 0 Å². The molecule has 0 atom stereocenters. The lowest BCUT2D eigenvalue weighted by atomic mass is 10.1.